The zero-order chi connectivity index (χ0) is 19.3. The first-order chi connectivity index (χ1) is 12.3. The Morgan fingerprint density at radius 3 is 2.69 bits per heavy atom. The number of alkyl halides is 2. The molecule has 2 atom stereocenters. The molecule has 1 aliphatic rings. The fourth-order valence-corrected chi connectivity index (χ4v) is 2.82. The number of hydrogen-bond acceptors (Lipinski definition) is 6. The maximum Gasteiger partial charge on any atom is 0.387 e. The number of carbonyl (C=O) groups is 2. The van der Waals surface area contributed by atoms with Crippen LogP contribution >= 0.6 is 0 Å². The summed E-state index contributed by atoms with van der Waals surface area (Å²) in [7, 11) is 1.24. The molecule has 11 heteroatoms. The summed E-state index contributed by atoms with van der Waals surface area (Å²) < 4.78 is 33.9. The van der Waals surface area contributed by atoms with E-state index in [1.54, 1.807) is 0 Å². The summed E-state index contributed by atoms with van der Waals surface area (Å²) in [6, 6.07) is 1.56. The Hall–Kier alpha value is -2.98. The van der Waals surface area contributed by atoms with Crippen molar-refractivity contribution in [2.45, 2.75) is 31.9 Å². The van der Waals surface area contributed by atoms with Crippen molar-refractivity contribution in [1.29, 1.82) is 0 Å². The highest BCUT2D eigenvalue weighted by Crippen LogP contribution is 2.31. The number of rotatable bonds is 6. The van der Waals surface area contributed by atoms with E-state index in [4.69, 9.17) is 0 Å². The lowest BCUT2D eigenvalue weighted by Crippen LogP contribution is -2.42. The first-order valence-corrected chi connectivity index (χ1v) is 7.70. The van der Waals surface area contributed by atoms with E-state index in [1.165, 1.54) is 7.11 Å². The lowest BCUT2D eigenvalue weighted by atomic mass is 10.0. The van der Waals surface area contributed by atoms with Gasteiger partial charge in [0, 0.05) is 18.2 Å². The van der Waals surface area contributed by atoms with Crippen molar-refractivity contribution in [2.24, 2.45) is 5.92 Å². The predicted octanol–water partition coefficient (Wildman–Crippen LogP) is 2.66. The van der Waals surface area contributed by atoms with Crippen LogP contribution in [0.15, 0.2) is 18.2 Å². The van der Waals surface area contributed by atoms with Crippen LogP contribution in [0.2, 0.25) is 0 Å². The lowest BCUT2D eigenvalue weighted by molar-refractivity contribution is -0.384. The summed E-state index contributed by atoms with van der Waals surface area (Å²) in [5, 5.41) is 15.6. The molecule has 9 nitrogen and oxygen atoms in total. The van der Waals surface area contributed by atoms with Crippen molar-refractivity contribution in [1.82, 2.24) is 5.32 Å². The summed E-state index contributed by atoms with van der Waals surface area (Å²) in [5.41, 5.74) is -0.695. The van der Waals surface area contributed by atoms with Gasteiger partial charge in [0.15, 0.2) is 0 Å². The fraction of sp³-hybridized carbons (Fsp3) is 0.467. The Morgan fingerprint density at radius 2 is 2.08 bits per heavy atom. The first kappa shape index (κ1) is 19.3. The second kappa shape index (κ2) is 8.41. The Morgan fingerprint density at radius 1 is 1.35 bits per heavy atom. The van der Waals surface area contributed by atoms with Crippen molar-refractivity contribution >= 4 is 23.4 Å². The SMILES string of the molecule is COC(=O)[C@@H]1CCC[C@@H]1NC(=O)Nc1cc([N+](=O)[O-])ccc1OC(F)F. The molecule has 0 spiro atoms. The number of nitro benzene ring substituents is 1. The maximum absolute atomic E-state index is 12.5. The smallest absolute Gasteiger partial charge is 0.387 e. The van der Waals surface area contributed by atoms with E-state index < -0.39 is 46.9 Å². The van der Waals surface area contributed by atoms with Crippen LogP contribution in [0.1, 0.15) is 19.3 Å². The monoisotopic (exact) mass is 373 g/mol. The van der Waals surface area contributed by atoms with E-state index >= 15 is 0 Å². The van der Waals surface area contributed by atoms with E-state index in [1.807, 2.05) is 0 Å². The second-order valence-electron chi connectivity index (χ2n) is 5.58. The summed E-state index contributed by atoms with van der Waals surface area (Å²) in [5.74, 6) is -1.38. The van der Waals surface area contributed by atoms with Gasteiger partial charge in [-0.25, -0.2) is 4.79 Å². The molecule has 0 radical (unpaired) electrons. The van der Waals surface area contributed by atoms with Gasteiger partial charge < -0.3 is 20.1 Å². The summed E-state index contributed by atoms with van der Waals surface area (Å²) in [4.78, 5) is 33.9. The third-order valence-corrected chi connectivity index (χ3v) is 3.97. The first-order valence-electron chi connectivity index (χ1n) is 7.70. The molecule has 1 fully saturated rings. The van der Waals surface area contributed by atoms with Gasteiger partial charge in [-0.2, -0.15) is 8.78 Å². The highest BCUT2D eigenvalue weighted by atomic mass is 19.3. The molecule has 142 valence electrons. The number of esters is 1. The van der Waals surface area contributed by atoms with Crippen molar-refractivity contribution < 1.29 is 32.8 Å². The number of amides is 2. The molecule has 0 saturated heterocycles. The minimum Gasteiger partial charge on any atom is -0.469 e. The van der Waals surface area contributed by atoms with Crippen LogP contribution in [0.5, 0.6) is 5.75 Å². The quantitative estimate of drug-likeness (QED) is 0.449. The number of hydrogen-bond donors (Lipinski definition) is 2. The number of ether oxygens (including phenoxy) is 2. The number of urea groups is 1. The van der Waals surface area contributed by atoms with Gasteiger partial charge in [0.05, 0.1) is 23.6 Å². The van der Waals surface area contributed by atoms with Crippen LogP contribution in [0, 0.1) is 16.0 Å². The van der Waals surface area contributed by atoms with E-state index in [9.17, 15) is 28.5 Å². The molecule has 0 bridgehead atoms. The molecule has 2 rings (SSSR count). The van der Waals surface area contributed by atoms with Gasteiger partial charge in [-0.3, -0.25) is 14.9 Å². The van der Waals surface area contributed by atoms with Crippen LogP contribution in [0.4, 0.5) is 25.0 Å². The Kier molecular flexibility index (Phi) is 6.26. The standard InChI is InChI=1S/C15H17F2N3O6/c1-25-13(21)9-3-2-4-10(9)18-15(22)19-11-7-8(20(23)24)5-6-12(11)26-14(16)17/h5-7,9-10,14H,2-4H2,1H3,(H2,18,19,22)/t9-,10+/m1/s1. The predicted molar refractivity (Wildman–Crippen MR) is 85.0 cm³/mol. The molecule has 2 amide bonds. The minimum absolute atomic E-state index is 0.287. The van der Waals surface area contributed by atoms with E-state index in [0.29, 0.717) is 19.3 Å². The second-order valence-corrected chi connectivity index (χ2v) is 5.58. The number of nitrogens with one attached hydrogen (secondary N) is 2. The number of methoxy groups -OCH3 is 1. The molecular weight excluding hydrogens is 356 g/mol. The summed E-state index contributed by atoms with van der Waals surface area (Å²) >= 11 is 0. The number of non-ortho nitro benzene ring substituents is 1. The van der Waals surface area contributed by atoms with Gasteiger partial charge >= 0.3 is 18.6 Å². The van der Waals surface area contributed by atoms with Crippen LogP contribution in [0.25, 0.3) is 0 Å². The third kappa shape index (κ3) is 4.77. The van der Waals surface area contributed by atoms with E-state index in [0.717, 1.165) is 18.2 Å². The highest BCUT2D eigenvalue weighted by Gasteiger charge is 2.35. The molecule has 26 heavy (non-hydrogen) atoms. The van der Waals surface area contributed by atoms with Crippen LogP contribution in [-0.2, 0) is 9.53 Å². The third-order valence-electron chi connectivity index (χ3n) is 3.97. The van der Waals surface area contributed by atoms with Crippen molar-refractivity contribution in [3.63, 3.8) is 0 Å². The van der Waals surface area contributed by atoms with Crippen LogP contribution in [-0.4, -0.2) is 36.7 Å². The van der Waals surface area contributed by atoms with Crippen LogP contribution < -0.4 is 15.4 Å². The topological polar surface area (TPSA) is 120 Å². The molecule has 0 heterocycles. The minimum atomic E-state index is -3.17. The molecule has 1 saturated carbocycles. The summed E-state index contributed by atoms with van der Waals surface area (Å²) in [6.45, 7) is -3.17. The Labute approximate surface area is 146 Å². The molecule has 0 aliphatic heterocycles. The molecule has 2 N–H and O–H groups in total. The summed E-state index contributed by atoms with van der Waals surface area (Å²) in [6.07, 6.45) is 1.80. The van der Waals surface area contributed by atoms with Gasteiger partial charge in [-0.05, 0) is 18.9 Å². The average Bonchev–Trinajstić information content (AvgIpc) is 3.03. The number of nitrogens with zero attached hydrogens (tertiary/aromatic N) is 1. The highest BCUT2D eigenvalue weighted by molar-refractivity contribution is 5.92. The van der Waals surface area contributed by atoms with E-state index in [-0.39, 0.29) is 5.69 Å². The zero-order valence-corrected chi connectivity index (χ0v) is 13.7. The molecule has 0 unspecified atom stereocenters. The molecule has 0 aromatic heterocycles. The van der Waals surface area contributed by atoms with Gasteiger partial charge in [0.25, 0.3) is 5.69 Å². The average molecular weight is 373 g/mol. The van der Waals surface area contributed by atoms with Gasteiger partial charge in [-0.1, -0.05) is 6.42 Å². The molecule has 1 aromatic rings. The Bertz CT molecular complexity index is 700. The van der Waals surface area contributed by atoms with Crippen molar-refractivity contribution in [3.8, 4) is 5.75 Å². The van der Waals surface area contributed by atoms with E-state index in [2.05, 4.69) is 20.1 Å². The number of halogens is 2. The Balaban J connectivity index is 2.12. The fourth-order valence-electron chi connectivity index (χ4n) is 2.82. The number of nitro groups is 1. The number of carbonyl (C=O) groups excluding carboxylic acids is 2. The van der Waals surface area contributed by atoms with Gasteiger partial charge in [-0.15, -0.1) is 0 Å². The normalized spacial score (nSPS) is 19.1. The molecular formula is C15H17F2N3O6. The van der Waals surface area contributed by atoms with Crippen molar-refractivity contribution in [2.75, 3.05) is 12.4 Å². The van der Waals surface area contributed by atoms with Crippen LogP contribution in [0.3, 0.4) is 0 Å². The molecule has 1 aromatic carbocycles. The zero-order valence-electron chi connectivity index (χ0n) is 13.7. The van der Waals surface area contributed by atoms with Gasteiger partial charge in [0.1, 0.15) is 5.75 Å². The lowest BCUT2D eigenvalue weighted by Gasteiger charge is -2.20. The molecule has 1 aliphatic carbocycles. The largest absolute Gasteiger partial charge is 0.469 e. The number of benzene rings is 1. The van der Waals surface area contributed by atoms with Gasteiger partial charge in [0.2, 0.25) is 0 Å². The van der Waals surface area contributed by atoms with Crippen molar-refractivity contribution in [3.05, 3.63) is 28.3 Å². The number of anilines is 1. The maximum atomic E-state index is 12.5.